The third-order valence-corrected chi connectivity index (χ3v) is 11.1. The van der Waals surface area contributed by atoms with Crippen LogP contribution in [0.3, 0.4) is 0 Å². The van der Waals surface area contributed by atoms with E-state index in [1.807, 2.05) is 67.6 Å². The molecule has 0 aliphatic carbocycles. The normalized spacial score (nSPS) is 15.4. The van der Waals surface area contributed by atoms with Crippen LogP contribution in [0.25, 0.3) is 0 Å². The number of alkyl carbamates (subject to hydrolysis) is 2. The SMILES string of the molecule is CC(C)CC[C@@H]([C@H](C)O)[C@H](CCC[C@H](NC(=O)OC(C)(C)C)C(=O)O)OCc1ccccc1.COC(=O)[C@H](CCC[C@H](OCc1ccccc1)[C@@H](CCC(C)C)[C@H](C)O)NC(=O)OC(C)(C)C. The topological polar surface area (TPSA) is 199 Å². The van der Waals surface area contributed by atoms with Gasteiger partial charge in [-0.15, -0.1) is 0 Å². The highest BCUT2D eigenvalue weighted by molar-refractivity contribution is 5.81. The van der Waals surface area contributed by atoms with Crippen LogP contribution in [0.4, 0.5) is 9.59 Å². The van der Waals surface area contributed by atoms with E-state index < -0.39 is 59.6 Å². The molecule has 0 aliphatic heterocycles. The molecule has 5 N–H and O–H groups in total. The summed E-state index contributed by atoms with van der Waals surface area (Å²) in [4.78, 5) is 48.1. The third-order valence-electron chi connectivity index (χ3n) is 11.1. The van der Waals surface area contributed by atoms with E-state index in [0.717, 1.165) is 36.8 Å². The number of methoxy groups -OCH3 is 1. The lowest BCUT2D eigenvalue weighted by atomic mass is 9.86. The van der Waals surface area contributed by atoms with Gasteiger partial charge >= 0.3 is 24.1 Å². The zero-order chi connectivity index (χ0) is 50.7. The molecule has 67 heavy (non-hydrogen) atoms. The monoisotopic (exact) mass is 945 g/mol. The minimum absolute atomic E-state index is 0.0264. The summed E-state index contributed by atoms with van der Waals surface area (Å²) >= 11 is 0. The molecule has 0 radical (unpaired) electrons. The third kappa shape index (κ3) is 28.6. The zero-order valence-electron chi connectivity index (χ0n) is 43.0. The van der Waals surface area contributed by atoms with Crippen LogP contribution in [0.5, 0.6) is 0 Å². The van der Waals surface area contributed by atoms with Crippen molar-refractivity contribution < 1.29 is 58.2 Å². The van der Waals surface area contributed by atoms with Gasteiger partial charge in [-0.2, -0.15) is 0 Å². The molecule has 0 aliphatic rings. The lowest BCUT2D eigenvalue weighted by Gasteiger charge is -2.31. The fourth-order valence-electron chi connectivity index (χ4n) is 7.52. The lowest BCUT2D eigenvalue weighted by Crippen LogP contribution is -2.44. The van der Waals surface area contributed by atoms with Gasteiger partial charge < -0.3 is 49.6 Å². The summed E-state index contributed by atoms with van der Waals surface area (Å²) in [6, 6.07) is 17.9. The van der Waals surface area contributed by atoms with Gasteiger partial charge in [0.2, 0.25) is 0 Å². The quantitative estimate of drug-likeness (QED) is 0.0400. The van der Waals surface area contributed by atoms with Crippen molar-refractivity contribution in [3.63, 3.8) is 0 Å². The summed E-state index contributed by atoms with van der Waals surface area (Å²) < 4.78 is 27.9. The first kappa shape index (κ1) is 60.8. The molecule has 0 spiro atoms. The molecule has 0 unspecified atom stereocenters. The first-order valence-electron chi connectivity index (χ1n) is 24.3. The van der Waals surface area contributed by atoms with Crippen molar-refractivity contribution in [3.8, 4) is 0 Å². The second kappa shape index (κ2) is 31.7. The molecule has 2 aromatic rings. The van der Waals surface area contributed by atoms with Gasteiger partial charge in [0.1, 0.15) is 23.3 Å². The van der Waals surface area contributed by atoms with Gasteiger partial charge in [-0.25, -0.2) is 19.2 Å². The zero-order valence-corrected chi connectivity index (χ0v) is 43.0. The predicted molar refractivity (Wildman–Crippen MR) is 262 cm³/mol. The van der Waals surface area contributed by atoms with Crippen molar-refractivity contribution in [3.05, 3.63) is 71.8 Å². The highest BCUT2D eigenvalue weighted by Gasteiger charge is 2.31. The maximum atomic E-state index is 12.3. The fraction of sp³-hybridized carbons (Fsp3) is 0.698. The summed E-state index contributed by atoms with van der Waals surface area (Å²) in [7, 11) is 1.30. The van der Waals surface area contributed by atoms with E-state index in [1.54, 1.807) is 48.5 Å². The maximum Gasteiger partial charge on any atom is 0.408 e. The number of aliphatic carboxylic acids is 1. The summed E-state index contributed by atoms with van der Waals surface area (Å²) in [6.45, 7) is 23.6. The molecule has 0 heterocycles. The van der Waals surface area contributed by atoms with Crippen molar-refractivity contribution in [2.45, 2.75) is 208 Å². The van der Waals surface area contributed by atoms with Gasteiger partial charge in [-0.3, -0.25) is 0 Å². The van der Waals surface area contributed by atoms with E-state index in [9.17, 15) is 34.5 Å². The Balaban J connectivity index is 0.000000670. The molecule has 14 nitrogen and oxygen atoms in total. The Morgan fingerprint density at radius 2 is 0.896 bits per heavy atom. The average Bonchev–Trinajstić information content (AvgIpc) is 3.22. The van der Waals surface area contributed by atoms with Crippen LogP contribution in [-0.4, -0.2) is 94.3 Å². The van der Waals surface area contributed by atoms with Gasteiger partial charge in [0.25, 0.3) is 0 Å². The standard InChI is InChI=1S/C27H45NO6.C26H43NO6/c1-19(2)16-17-22(20(3)29)24(33-18-21-12-9-8-10-13-21)15-11-14-23(25(30)32-7)28-26(31)34-27(4,5)6;1-18(2)15-16-21(19(3)28)23(32-17-20-11-8-7-9-12-20)14-10-13-22(24(29)30)27-25(31)33-26(4,5)6/h8-10,12-13,19-20,22-24,29H,11,14-18H2,1-7H3,(H,28,31);7-9,11-12,18-19,21-23,28H,10,13-17H2,1-6H3,(H,27,31)(H,29,30)/t20-,22-,23-,24-;19-,21-,22-,23-/m00/s1. The van der Waals surface area contributed by atoms with Crippen molar-refractivity contribution >= 4 is 24.1 Å². The predicted octanol–water partition coefficient (Wildman–Crippen LogP) is 10.4. The highest BCUT2D eigenvalue weighted by atomic mass is 16.6. The molecule has 0 saturated heterocycles. The van der Waals surface area contributed by atoms with Crippen LogP contribution in [0.2, 0.25) is 0 Å². The number of carbonyl (C=O) groups is 4. The summed E-state index contributed by atoms with van der Waals surface area (Å²) in [5.41, 5.74) is 0.748. The second-order valence-corrected chi connectivity index (χ2v) is 20.5. The number of hydrogen-bond acceptors (Lipinski definition) is 11. The Kier molecular flexibility index (Phi) is 28.8. The Bertz CT molecular complexity index is 1660. The molecule has 2 aromatic carbocycles. The van der Waals surface area contributed by atoms with Crippen LogP contribution in [0.1, 0.15) is 158 Å². The summed E-state index contributed by atoms with van der Waals surface area (Å²) in [6.07, 6.45) is 3.77. The number of aliphatic hydroxyl groups is 2. The number of hydrogen-bond donors (Lipinski definition) is 5. The molecule has 382 valence electrons. The van der Waals surface area contributed by atoms with Gasteiger partial charge in [0.05, 0.1) is 44.7 Å². The maximum absolute atomic E-state index is 12.3. The Morgan fingerprint density at radius 1 is 0.537 bits per heavy atom. The number of benzene rings is 2. The number of rotatable bonds is 28. The van der Waals surface area contributed by atoms with E-state index >= 15 is 0 Å². The number of carboxylic acids is 1. The van der Waals surface area contributed by atoms with E-state index in [2.05, 4.69) is 38.3 Å². The van der Waals surface area contributed by atoms with Crippen molar-refractivity contribution in [1.82, 2.24) is 10.6 Å². The molecule has 0 aromatic heterocycles. The van der Waals surface area contributed by atoms with Gasteiger partial charge in [-0.1, -0.05) is 101 Å². The van der Waals surface area contributed by atoms with E-state index in [-0.39, 0.29) is 30.5 Å². The van der Waals surface area contributed by atoms with Crippen LogP contribution in [0, 0.1) is 23.7 Å². The Labute approximate surface area is 402 Å². The molecular weight excluding hydrogens is 857 g/mol. The number of aliphatic hydroxyl groups excluding tert-OH is 2. The molecule has 2 amide bonds. The molecule has 0 fully saturated rings. The summed E-state index contributed by atoms with van der Waals surface area (Å²) in [5.74, 6) is -0.665. The van der Waals surface area contributed by atoms with Gasteiger partial charge in [0, 0.05) is 11.8 Å². The van der Waals surface area contributed by atoms with Crippen LogP contribution < -0.4 is 10.6 Å². The van der Waals surface area contributed by atoms with Crippen molar-refractivity contribution in [2.24, 2.45) is 23.7 Å². The van der Waals surface area contributed by atoms with Gasteiger partial charge in [-0.05, 0) is 130 Å². The number of carbonyl (C=O) groups excluding carboxylic acids is 3. The van der Waals surface area contributed by atoms with Crippen LogP contribution >= 0.6 is 0 Å². The smallest absolute Gasteiger partial charge is 0.408 e. The number of amides is 2. The number of esters is 1. The average molecular weight is 945 g/mol. The van der Waals surface area contributed by atoms with Crippen molar-refractivity contribution in [1.29, 1.82) is 0 Å². The minimum atomic E-state index is -1.10. The first-order valence-corrected chi connectivity index (χ1v) is 24.3. The lowest BCUT2D eigenvalue weighted by molar-refractivity contribution is -0.143. The highest BCUT2D eigenvalue weighted by Crippen LogP contribution is 2.28. The minimum Gasteiger partial charge on any atom is -0.480 e. The Hall–Kier alpha value is -4.24. The van der Waals surface area contributed by atoms with Crippen molar-refractivity contribution in [2.75, 3.05) is 7.11 Å². The molecule has 0 bridgehead atoms. The molecule has 14 heteroatoms. The Morgan fingerprint density at radius 3 is 1.21 bits per heavy atom. The molecule has 0 saturated carbocycles. The largest absolute Gasteiger partial charge is 0.480 e. The molecule has 2 rings (SSSR count). The van der Waals surface area contributed by atoms with Gasteiger partial charge in [0.15, 0.2) is 0 Å². The number of nitrogens with one attached hydrogen (secondary N) is 2. The van der Waals surface area contributed by atoms with Crippen LogP contribution in [-0.2, 0) is 46.5 Å². The number of carboxylic acid groups (broad SMARTS) is 1. The van der Waals surface area contributed by atoms with E-state index in [1.165, 1.54) is 7.11 Å². The number of ether oxygens (including phenoxy) is 5. The summed E-state index contributed by atoms with van der Waals surface area (Å²) in [5, 5.41) is 35.6. The van der Waals surface area contributed by atoms with E-state index in [4.69, 9.17) is 23.7 Å². The van der Waals surface area contributed by atoms with Crippen LogP contribution in [0.15, 0.2) is 60.7 Å². The molecule has 8 atom stereocenters. The first-order chi connectivity index (χ1) is 31.3. The fourth-order valence-corrected chi connectivity index (χ4v) is 7.52. The second-order valence-electron chi connectivity index (χ2n) is 20.5. The van der Waals surface area contributed by atoms with E-state index in [0.29, 0.717) is 57.2 Å². The molecular formula is C53H88N2O12.